The number of nitrogens with zero attached hydrogens (tertiary/aromatic N) is 1. The molecule has 180 valence electrons. The summed E-state index contributed by atoms with van der Waals surface area (Å²) in [5.74, 6) is -8.76. The van der Waals surface area contributed by atoms with Crippen LogP contribution in [0.4, 0.5) is 13.6 Å². The van der Waals surface area contributed by atoms with Gasteiger partial charge in [0.05, 0.1) is 5.92 Å². The molecule has 4 rings (SSSR count). The number of benzene rings is 2. The maximum atomic E-state index is 14.3. The van der Waals surface area contributed by atoms with Gasteiger partial charge in [0.2, 0.25) is 5.91 Å². The number of aliphatic carboxylic acids is 1. The SMILES string of the molecule is CCC(C(=O)O)N(C)C(=O)C1C(CNC(=O)OCC2c3ccccc3-c3ccccc32)C1(F)F. The predicted octanol–water partition coefficient (Wildman–Crippen LogP) is 3.73. The molecule has 2 aliphatic rings. The van der Waals surface area contributed by atoms with Crippen LogP contribution in [-0.4, -0.2) is 60.1 Å². The summed E-state index contributed by atoms with van der Waals surface area (Å²) in [4.78, 5) is 36.8. The molecule has 0 radical (unpaired) electrons. The minimum Gasteiger partial charge on any atom is -0.480 e. The summed E-state index contributed by atoms with van der Waals surface area (Å²) in [5, 5.41) is 11.5. The van der Waals surface area contributed by atoms with Crippen molar-refractivity contribution >= 4 is 18.0 Å². The number of alkyl carbamates (subject to hydrolysis) is 1. The van der Waals surface area contributed by atoms with Crippen molar-refractivity contribution in [3.8, 4) is 11.1 Å². The fraction of sp³-hybridized carbons (Fsp3) is 0.400. The van der Waals surface area contributed by atoms with Gasteiger partial charge in [-0.25, -0.2) is 18.4 Å². The van der Waals surface area contributed by atoms with Crippen molar-refractivity contribution in [3.05, 3.63) is 59.7 Å². The molecule has 0 bridgehead atoms. The van der Waals surface area contributed by atoms with Crippen molar-refractivity contribution in [3.63, 3.8) is 0 Å². The average molecular weight is 472 g/mol. The highest BCUT2D eigenvalue weighted by atomic mass is 19.3. The number of carboxylic acid groups (broad SMARTS) is 1. The summed E-state index contributed by atoms with van der Waals surface area (Å²) in [5.41, 5.74) is 4.20. The molecule has 0 spiro atoms. The molecule has 3 unspecified atom stereocenters. The molecule has 0 aromatic heterocycles. The normalized spacial score (nSPS) is 20.6. The molecule has 1 fully saturated rings. The topological polar surface area (TPSA) is 95.9 Å². The number of carbonyl (C=O) groups is 3. The summed E-state index contributed by atoms with van der Waals surface area (Å²) in [6.45, 7) is 1.16. The molecule has 0 saturated heterocycles. The van der Waals surface area contributed by atoms with Crippen LogP contribution in [0.3, 0.4) is 0 Å². The number of halogens is 2. The lowest BCUT2D eigenvalue weighted by Crippen LogP contribution is -2.43. The van der Waals surface area contributed by atoms with E-state index in [1.807, 2.05) is 48.5 Å². The fourth-order valence-corrected chi connectivity index (χ4v) is 4.81. The third-order valence-corrected chi connectivity index (χ3v) is 6.77. The van der Waals surface area contributed by atoms with E-state index in [0.29, 0.717) is 0 Å². The average Bonchev–Trinajstić information content (AvgIpc) is 3.21. The molecule has 2 aromatic rings. The van der Waals surface area contributed by atoms with Gasteiger partial charge >= 0.3 is 12.1 Å². The number of carbonyl (C=O) groups excluding carboxylic acids is 2. The standard InChI is InChI=1S/C25H26F2N2O5/c1-3-20(23(31)32)29(2)22(30)21-19(25(21,26)27)12-28-24(33)34-13-18-16-10-6-4-8-14(16)15-9-5-7-11-17(15)18/h4-11,18-21H,3,12-13H2,1-2H3,(H,28,33)(H,31,32). The van der Waals surface area contributed by atoms with E-state index in [0.717, 1.165) is 27.2 Å². The molecule has 0 heterocycles. The minimum atomic E-state index is -3.32. The highest BCUT2D eigenvalue weighted by molar-refractivity contribution is 5.88. The number of likely N-dealkylation sites (N-methyl/N-ethyl adjacent to an activating group) is 1. The van der Waals surface area contributed by atoms with Crippen LogP contribution in [0.1, 0.15) is 30.4 Å². The van der Waals surface area contributed by atoms with E-state index >= 15 is 0 Å². The number of amides is 2. The van der Waals surface area contributed by atoms with Gasteiger partial charge in [-0.3, -0.25) is 4.79 Å². The zero-order valence-electron chi connectivity index (χ0n) is 18.8. The van der Waals surface area contributed by atoms with Gasteiger partial charge in [-0.2, -0.15) is 0 Å². The smallest absolute Gasteiger partial charge is 0.407 e. The van der Waals surface area contributed by atoms with Crippen molar-refractivity contribution in [1.82, 2.24) is 10.2 Å². The molecule has 0 aliphatic heterocycles. The molecule has 2 N–H and O–H groups in total. The summed E-state index contributed by atoms with van der Waals surface area (Å²) < 4.78 is 33.9. The van der Waals surface area contributed by atoms with Crippen molar-refractivity contribution in [2.75, 3.05) is 20.2 Å². The van der Waals surface area contributed by atoms with E-state index in [2.05, 4.69) is 5.32 Å². The second kappa shape index (κ2) is 9.04. The van der Waals surface area contributed by atoms with Crippen molar-refractivity contribution in [1.29, 1.82) is 0 Å². The van der Waals surface area contributed by atoms with Crippen LogP contribution in [-0.2, 0) is 14.3 Å². The van der Waals surface area contributed by atoms with Gasteiger partial charge in [-0.05, 0) is 28.7 Å². The lowest BCUT2D eigenvalue weighted by Gasteiger charge is -2.23. The summed E-state index contributed by atoms with van der Waals surface area (Å²) in [6.07, 6.45) is -0.750. The van der Waals surface area contributed by atoms with E-state index in [9.17, 15) is 28.3 Å². The van der Waals surface area contributed by atoms with Crippen molar-refractivity contribution in [2.45, 2.75) is 31.2 Å². The Balaban J connectivity index is 1.34. The molecule has 2 aliphatic carbocycles. The van der Waals surface area contributed by atoms with Gasteiger partial charge in [0.25, 0.3) is 5.92 Å². The van der Waals surface area contributed by atoms with Crippen LogP contribution in [0.5, 0.6) is 0 Å². The Kier molecular flexibility index (Phi) is 6.29. The van der Waals surface area contributed by atoms with Gasteiger partial charge in [0.15, 0.2) is 0 Å². The largest absolute Gasteiger partial charge is 0.480 e. The van der Waals surface area contributed by atoms with Crippen LogP contribution in [0, 0.1) is 11.8 Å². The van der Waals surface area contributed by atoms with Crippen LogP contribution < -0.4 is 5.32 Å². The van der Waals surface area contributed by atoms with Gasteiger partial charge in [-0.15, -0.1) is 0 Å². The summed E-state index contributed by atoms with van der Waals surface area (Å²) in [6, 6.07) is 14.5. The van der Waals surface area contributed by atoms with Crippen LogP contribution in [0.2, 0.25) is 0 Å². The van der Waals surface area contributed by atoms with Crippen LogP contribution >= 0.6 is 0 Å². The molecule has 2 aromatic carbocycles. The lowest BCUT2D eigenvalue weighted by molar-refractivity contribution is -0.150. The Morgan fingerprint density at radius 3 is 2.18 bits per heavy atom. The first-order valence-corrected chi connectivity index (χ1v) is 11.1. The van der Waals surface area contributed by atoms with Crippen LogP contribution in [0.15, 0.2) is 48.5 Å². The Labute approximate surface area is 195 Å². The van der Waals surface area contributed by atoms with Gasteiger partial charge in [0.1, 0.15) is 18.6 Å². The van der Waals surface area contributed by atoms with Gasteiger partial charge < -0.3 is 20.1 Å². The first-order chi connectivity index (χ1) is 16.2. The second-order valence-electron chi connectivity index (χ2n) is 8.68. The zero-order chi connectivity index (χ0) is 24.6. The third kappa shape index (κ3) is 4.10. The van der Waals surface area contributed by atoms with E-state index in [1.165, 1.54) is 7.05 Å². The predicted molar refractivity (Wildman–Crippen MR) is 119 cm³/mol. The van der Waals surface area contributed by atoms with Crippen molar-refractivity contribution < 1.29 is 33.0 Å². The summed E-state index contributed by atoms with van der Waals surface area (Å²) in [7, 11) is 1.20. The molecule has 34 heavy (non-hydrogen) atoms. The molecule has 1 saturated carbocycles. The molecule has 3 atom stereocenters. The van der Waals surface area contributed by atoms with Gasteiger partial charge in [0, 0.05) is 19.5 Å². The van der Waals surface area contributed by atoms with E-state index < -0.39 is 48.3 Å². The number of carboxylic acids is 1. The quantitative estimate of drug-likeness (QED) is 0.611. The second-order valence-corrected chi connectivity index (χ2v) is 8.68. The molecule has 9 heteroatoms. The van der Waals surface area contributed by atoms with E-state index in [4.69, 9.17) is 4.74 Å². The highest BCUT2D eigenvalue weighted by Crippen LogP contribution is 2.55. The van der Waals surface area contributed by atoms with Gasteiger partial charge in [-0.1, -0.05) is 55.5 Å². The lowest BCUT2D eigenvalue weighted by atomic mass is 9.98. The first kappa shape index (κ1) is 23.7. The first-order valence-electron chi connectivity index (χ1n) is 11.1. The maximum Gasteiger partial charge on any atom is 0.407 e. The van der Waals surface area contributed by atoms with Crippen molar-refractivity contribution in [2.24, 2.45) is 11.8 Å². The molecule has 7 nitrogen and oxygen atoms in total. The monoisotopic (exact) mass is 472 g/mol. The Hall–Kier alpha value is -3.49. The number of hydrogen-bond donors (Lipinski definition) is 2. The maximum absolute atomic E-state index is 14.3. The number of hydrogen-bond acceptors (Lipinski definition) is 4. The number of nitrogens with one attached hydrogen (secondary N) is 1. The third-order valence-electron chi connectivity index (χ3n) is 6.77. The fourth-order valence-electron chi connectivity index (χ4n) is 4.81. The molecular weight excluding hydrogens is 446 g/mol. The van der Waals surface area contributed by atoms with Crippen LogP contribution in [0.25, 0.3) is 11.1 Å². The van der Waals surface area contributed by atoms with E-state index in [1.54, 1.807) is 6.92 Å². The highest BCUT2D eigenvalue weighted by Gasteiger charge is 2.72. The number of fused-ring (bicyclic) bond motifs is 3. The number of ether oxygens (including phenoxy) is 1. The zero-order valence-corrected chi connectivity index (χ0v) is 18.8. The number of alkyl halides is 2. The molecule has 2 amide bonds. The Bertz CT molecular complexity index is 1080. The number of rotatable bonds is 8. The Morgan fingerprint density at radius 1 is 1.09 bits per heavy atom. The molecular formula is C25H26F2N2O5. The van der Waals surface area contributed by atoms with E-state index in [-0.39, 0.29) is 18.9 Å². The Morgan fingerprint density at radius 2 is 1.65 bits per heavy atom. The minimum absolute atomic E-state index is 0.0445. The summed E-state index contributed by atoms with van der Waals surface area (Å²) >= 11 is 0.